The Morgan fingerprint density at radius 1 is 1.37 bits per heavy atom. The first-order valence-electron chi connectivity index (χ1n) is 6.84. The lowest BCUT2D eigenvalue weighted by atomic mass is 9.66. The van der Waals surface area contributed by atoms with Crippen LogP contribution in [0.4, 0.5) is 0 Å². The van der Waals surface area contributed by atoms with E-state index in [0.717, 1.165) is 24.8 Å². The van der Waals surface area contributed by atoms with Gasteiger partial charge in [0, 0.05) is 6.42 Å². The molecule has 1 aliphatic rings. The number of hydrogen-bond acceptors (Lipinski definition) is 3. The summed E-state index contributed by atoms with van der Waals surface area (Å²) in [7, 11) is 0. The zero-order valence-corrected chi connectivity index (χ0v) is 11.1. The van der Waals surface area contributed by atoms with Gasteiger partial charge in [-0.1, -0.05) is 36.8 Å². The van der Waals surface area contributed by atoms with Crippen molar-refractivity contribution in [1.82, 2.24) is 5.32 Å². The first-order chi connectivity index (χ1) is 9.19. The highest BCUT2D eigenvalue weighted by Crippen LogP contribution is 2.42. The fourth-order valence-corrected chi connectivity index (χ4v) is 2.64. The summed E-state index contributed by atoms with van der Waals surface area (Å²) in [5.41, 5.74) is 6.69. The Bertz CT molecular complexity index is 410. The fourth-order valence-electron chi connectivity index (χ4n) is 2.64. The molecule has 1 fully saturated rings. The van der Waals surface area contributed by atoms with Crippen LogP contribution in [0.25, 0.3) is 0 Å². The Morgan fingerprint density at radius 2 is 2.05 bits per heavy atom. The van der Waals surface area contributed by atoms with Gasteiger partial charge in [0.15, 0.2) is 0 Å². The molecule has 4 nitrogen and oxygen atoms in total. The summed E-state index contributed by atoms with van der Waals surface area (Å²) in [5.74, 6) is -0.0203. The van der Waals surface area contributed by atoms with Crippen LogP contribution >= 0.6 is 0 Å². The summed E-state index contributed by atoms with van der Waals surface area (Å²) < 4.78 is 0. The normalized spacial score (nSPS) is 18.4. The molecule has 1 aliphatic carbocycles. The molecule has 4 N–H and O–H groups in total. The molecule has 0 radical (unpaired) electrons. The topological polar surface area (TPSA) is 75.4 Å². The van der Waals surface area contributed by atoms with E-state index in [2.05, 4.69) is 5.32 Å². The van der Waals surface area contributed by atoms with Gasteiger partial charge in [0.2, 0.25) is 5.91 Å². The van der Waals surface area contributed by atoms with Crippen LogP contribution in [0.1, 0.15) is 37.3 Å². The second-order valence-corrected chi connectivity index (χ2v) is 5.45. The molecule has 1 amide bonds. The SMILES string of the molecule is NCC1(CC(=O)NC(CO)c2ccccc2)CCC1. The second-order valence-electron chi connectivity index (χ2n) is 5.45. The van der Waals surface area contributed by atoms with E-state index >= 15 is 0 Å². The molecule has 0 saturated heterocycles. The molecule has 1 saturated carbocycles. The Hall–Kier alpha value is -1.39. The van der Waals surface area contributed by atoms with Crippen molar-refractivity contribution in [2.75, 3.05) is 13.2 Å². The number of carbonyl (C=O) groups is 1. The molecule has 1 aromatic carbocycles. The van der Waals surface area contributed by atoms with Crippen LogP contribution < -0.4 is 11.1 Å². The van der Waals surface area contributed by atoms with E-state index in [0.29, 0.717) is 13.0 Å². The van der Waals surface area contributed by atoms with Crippen molar-refractivity contribution in [1.29, 1.82) is 0 Å². The van der Waals surface area contributed by atoms with Gasteiger partial charge >= 0.3 is 0 Å². The molecule has 104 valence electrons. The maximum atomic E-state index is 12.1. The molecular weight excluding hydrogens is 240 g/mol. The molecule has 0 spiro atoms. The second kappa shape index (κ2) is 6.17. The molecule has 2 rings (SSSR count). The zero-order valence-electron chi connectivity index (χ0n) is 11.1. The summed E-state index contributed by atoms with van der Waals surface area (Å²) in [6.07, 6.45) is 3.69. The standard InChI is InChI=1S/C15H22N2O2/c16-11-15(7-4-8-15)9-14(19)17-13(10-18)12-5-2-1-3-6-12/h1-3,5-6,13,18H,4,7-11,16H2,(H,17,19). The average Bonchev–Trinajstić information content (AvgIpc) is 2.41. The van der Waals surface area contributed by atoms with Crippen LogP contribution in [0, 0.1) is 5.41 Å². The summed E-state index contributed by atoms with van der Waals surface area (Å²) in [6.45, 7) is 0.473. The van der Waals surface area contributed by atoms with Crippen molar-refractivity contribution in [3.05, 3.63) is 35.9 Å². The molecule has 0 aliphatic heterocycles. The third-order valence-electron chi connectivity index (χ3n) is 4.10. The molecule has 0 heterocycles. The average molecular weight is 262 g/mol. The quantitative estimate of drug-likeness (QED) is 0.724. The highest BCUT2D eigenvalue weighted by molar-refractivity contribution is 5.77. The molecule has 1 unspecified atom stereocenters. The molecule has 1 atom stereocenters. The van der Waals surface area contributed by atoms with Gasteiger partial charge in [0.25, 0.3) is 0 Å². The summed E-state index contributed by atoms with van der Waals surface area (Å²) in [6, 6.07) is 9.20. The van der Waals surface area contributed by atoms with Gasteiger partial charge in [-0.25, -0.2) is 0 Å². The van der Waals surface area contributed by atoms with E-state index in [1.165, 1.54) is 0 Å². The lowest BCUT2D eigenvalue weighted by Crippen LogP contribution is -2.43. The minimum absolute atomic E-state index is 0.000771. The first kappa shape index (κ1) is 14.0. The van der Waals surface area contributed by atoms with Crippen molar-refractivity contribution in [2.24, 2.45) is 11.1 Å². The van der Waals surface area contributed by atoms with E-state index in [4.69, 9.17) is 5.73 Å². The van der Waals surface area contributed by atoms with Gasteiger partial charge in [-0.05, 0) is 30.4 Å². The minimum atomic E-state index is -0.330. The number of benzene rings is 1. The van der Waals surface area contributed by atoms with Gasteiger partial charge in [-0.3, -0.25) is 4.79 Å². The molecule has 19 heavy (non-hydrogen) atoms. The number of nitrogens with two attached hydrogens (primary N) is 1. The largest absolute Gasteiger partial charge is 0.394 e. The number of nitrogens with one attached hydrogen (secondary N) is 1. The third kappa shape index (κ3) is 3.33. The third-order valence-corrected chi connectivity index (χ3v) is 4.10. The Kier molecular flexibility index (Phi) is 4.56. The highest BCUT2D eigenvalue weighted by Gasteiger charge is 2.37. The van der Waals surface area contributed by atoms with Crippen LogP contribution in [-0.2, 0) is 4.79 Å². The highest BCUT2D eigenvalue weighted by atomic mass is 16.3. The maximum Gasteiger partial charge on any atom is 0.221 e. The number of hydrogen-bond donors (Lipinski definition) is 3. The number of aliphatic hydroxyl groups is 1. The van der Waals surface area contributed by atoms with Crippen LogP contribution in [0.3, 0.4) is 0 Å². The van der Waals surface area contributed by atoms with Crippen LogP contribution in [0.15, 0.2) is 30.3 Å². The molecule has 0 bridgehead atoms. The van der Waals surface area contributed by atoms with Crippen molar-refractivity contribution in [3.8, 4) is 0 Å². The smallest absolute Gasteiger partial charge is 0.221 e. The Labute approximate surface area is 114 Å². The van der Waals surface area contributed by atoms with Crippen molar-refractivity contribution in [2.45, 2.75) is 31.7 Å². The predicted octanol–water partition coefficient (Wildman–Crippen LogP) is 1.36. The molecule has 1 aromatic rings. The number of amides is 1. The summed E-state index contributed by atoms with van der Waals surface area (Å²) in [5, 5.41) is 12.3. The van der Waals surface area contributed by atoms with E-state index in [1.807, 2.05) is 30.3 Å². The van der Waals surface area contributed by atoms with Crippen LogP contribution in [0.5, 0.6) is 0 Å². The Balaban J connectivity index is 1.93. The lowest BCUT2D eigenvalue weighted by Gasteiger charge is -2.40. The number of rotatable bonds is 6. The Morgan fingerprint density at radius 3 is 2.53 bits per heavy atom. The van der Waals surface area contributed by atoms with Crippen molar-refractivity contribution in [3.63, 3.8) is 0 Å². The fraction of sp³-hybridized carbons (Fsp3) is 0.533. The predicted molar refractivity (Wildman–Crippen MR) is 74.4 cm³/mol. The van der Waals surface area contributed by atoms with Gasteiger partial charge in [-0.15, -0.1) is 0 Å². The van der Waals surface area contributed by atoms with Crippen LogP contribution in [-0.4, -0.2) is 24.2 Å². The number of carbonyl (C=O) groups excluding carboxylic acids is 1. The van der Waals surface area contributed by atoms with Crippen LogP contribution in [0.2, 0.25) is 0 Å². The monoisotopic (exact) mass is 262 g/mol. The number of aliphatic hydroxyl groups excluding tert-OH is 1. The van der Waals surface area contributed by atoms with Gasteiger partial charge in [0.1, 0.15) is 0 Å². The van der Waals surface area contributed by atoms with E-state index in [-0.39, 0.29) is 24.0 Å². The molecule has 0 aromatic heterocycles. The first-order valence-corrected chi connectivity index (χ1v) is 6.84. The molecule has 4 heteroatoms. The van der Waals surface area contributed by atoms with Gasteiger partial charge in [0.05, 0.1) is 12.6 Å². The van der Waals surface area contributed by atoms with Gasteiger partial charge < -0.3 is 16.2 Å². The van der Waals surface area contributed by atoms with E-state index in [9.17, 15) is 9.90 Å². The zero-order chi connectivity index (χ0) is 13.7. The van der Waals surface area contributed by atoms with Crippen molar-refractivity contribution < 1.29 is 9.90 Å². The lowest BCUT2D eigenvalue weighted by molar-refractivity contribution is -0.125. The maximum absolute atomic E-state index is 12.1. The van der Waals surface area contributed by atoms with E-state index in [1.54, 1.807) is 0 Å². The summed E-state index contributed by atoms with van der Waals surface area (Å²) in [4.78, 5) is 12.1. The van der Waals surface area contributed by atoms with E-state index < -0.39 is 0 Å². The minimum Gasteiger partial charge on any atom is -0.394 e. The van der Waals surface area contributed by atoms with Gasteiger partial charge in [-0.2, -0.15) is 0 Å². The van der Waals surface area contributed by atoms with Crippen molar-refractivity contribution >= 4 is 5.91 Å². The molecular formula is C15H22N2O2. The summed E-state index contributed by atoms with van der Waals surface area (Å²) >= 11 is 0.